The first-order valence-electron chi connectivity index (χ1n) is 20.7. The molecule has 0 amide bonds. The Balaban J connectivity index is 4.42. The average Bonchev–Trinajstić information content (AvgIpc) is 3.09. The Labute approximate surface area is 318 Å². The number of ether oxygens (including phenoxy) is 3. The first kappa shape index (κ1) is 49.3. The number of carbonyl (C=O) groups excluding carboxylic acids is 2. The number of aliphatic carboxylic acids is 1. The zero-order valence-corrected chi connectivity index (χ0v) is 34.0. The topological polar surface area (TPSA) is 99.1 Å². The smallest absolute Gasteiger partial charge is 0.362 e. The molecule has 300 valence electrons. The van der Waals surface area contributed by atoms with Gasteiger partial charge in [-0.15, -0.1) is 0 Å². The second-order valence-electron chi connectivity index (χ2n) is 15.0. The van der Waals surface area contributed by atoms with Crippen LogP contribution in [0.4, 0.5) is 0 Å². The van der Waals surface area contributed by atoms with Gasteiger partial charge in [0.15, 0.2) is 12.1 Å². The molecule has 0 aromatic carbocycles. The molecule has 0 aliphatic rings. The van der Waals surface area contributed by atoms with Crippen molar-refractivity contribution in [3.63, 3.8) is 0 Å². The summed E-state index contributed by atoms with van der Waals surface area (Å²) in [6, 6.07) is -0.617. The minimum absolute atomic E-state index is 0.0539. The second-order valence-corrected chi connectivity index (χ2v) is 15.0. The van der Waals surface area contributed by atoms with Gasteiger partial charge in [-0.2, -0.15) is 0 Å². The van der Waals surface area contributed by atoms with Gasteiger partial charge >= 0.3 is 17.9 Å². The van der Waals surface area contributed by atoms with Crippen molar-refractivity contribution in [3.05, 3.63) is 48.6 Å². The van der Waals surface area contributed by atoms with E-state index in [0.29, 0.717) is 19.3 Å². The molecule has 1 N–H and O–H groups in total. The van der Waals surface area contributed by atoms with Crippen LogP contribution in [0.5, 0.6) is 0 Å². The number of unbranched alkanes of at least 4 members (excludes halogenated alkanes) is 17. The molecule has 0 rings (SSSR count). The van der Waals surface area contributed by atoms with Crippen LogP contribution >= 0.6 is 0 Å². The molecule has 2 atom stereocenters. The Kier molecular flexibility index (Phi) is 33.5. The van der Waals surface area contributed by atoms with Gasteiger partial charge in [0.25, 0.3) is 0 Å². The first-order valence-corrected chi connectivity index (χ1v) is 20.7. The van der Waals surface area contributed by atoms with Crippen LogP contribution in [-0.2, 0) is 28.6 Å². The van der Waals surface area contributed by atoms with Gasteiger partial charge in [-0.3, -0.25) is 9.59 Å². The number of likely N-dealkylation sites (N-methyl/N-ethyl adjacent to an activating group) is 1. The van der Waals surface area contributed by atoms with Crippen molar-refractivity contribution in [1.82, 2.24) is 0 Å². The molecule has 8 heteroatoms. The van der Waals surface area contributed by atoms with Gasteiger partial charge in [-0.1, -0.05) is 159 Å². The summed E-state index contributed by atoms with van der Waals surface area (Å²) in [6.07, 6.45) is 40.0. The normalized spacial score (nSPS) is 13.5. The van der Waals surface area contributed by atoms with E-state index in [0.717, 1.165) is 64.2 Å². The summed E-state index contributed by atoms with van der Waals surface area (Å²) in [4.78, 5) is 36.9. The Bertz CT molecular complexity index is 995. The highest BCUT2D eigenvalue weighted by Crippen LogP contribution is 2.14. The number of carboxylic acid groups (broad SMARTS) is 1. The summed E-state index contributed by atoms with van der Waals surface area (Å²) in [6.45, 7) is 4.56. The molecule has 0 heterocycles. The molecule has 0 aromatic heterocycles. The van der Waals surface area contributed by atoms with E-state index in [9.17, 15) is 19.5 Å². The SMILES string of the molecule is CC/C=C/C=C/C=C/C=C/CCCCCCCC(=O)OCC(COCCC(C(=O)O)[N+](C)(C)C)OC(=O)CCCCCCCCCCCCCCC. The minimum atomic E-state index is -0.880. The van der Waals surface area contributed by atoms with Crippen LogP contribution in [0.1, 0.15) is 162 Å². The number of esters is 2. The molecule has 2 unspecified atom stereocenters. The molecule has 0 spiro atoms. The zero-order chi connectivity index (χ0) is 38.5. The molecule has 0 aliphatic carbocycles. The summed E-state index contributed by atoms with van der Waals surface area (Å²) in [5.74, 6) is -1.50. The van der Waals surface area contributed by atoms with Crippen LogP contribution < -0.4 is 0 Å². The molecule has 0 aliphatic heterocycles. The summed E-state index contributed by atoms with van der Waals surface area (Å²) >= 11 is 0. The number of carboxylic acids is 1. The van der Waals surface area contributed by atoms with E-state index >= 15 is 0 Å². The summed E-state index contributed by atoms with van der Waals surface area (Å²) in [7, 11) is 5.51. The summed E-state index contributed by atoms with van der Waals surface area (Å²) in [5.41, 5.74) is 0. The maximum absolute atomic E-state index is 12.7. The molecule has 52 heavy (non-hydrogen) atoms. The van der Waals surface area contributed by atoms with Crippen LogP contribution in [0.3, 0.4) is 0 Å². The van der Waals surface area contributed by atoms with E-state index in [-0.39, 0.29) is 36.2 Å². The summed E-state index contributed by atoms with van der Waals surface area (Å²) in [5, 5.41) is 9.60. The lowest BCUT2D eigenvalue weighted by atomic mass is 10.0. The van der Waals surface area contributed by atoms with E-state index in [1.54, 1.807) is 0 Å². The lowest BCUT2D eigenvalue weighted by Gasteiger charge is -2.31. The molecule has 0 saturated carbocycles. The van der Waals surface area contributed by atoms with Crippen molar-refractivity contribution >= 4 is 17.9 Å². The van der Waals surface area contributed by atoms with Gasteiger partial charge in [0.2, 0.25) is 0 Å². The lowest BCUT2D eigenvalue weighted by molar-refractivity contribution is -0.887. The molecule has 8 nitrogen and oxygen atoms in total. The van der Waals surface area contributed by atoms with Crippen molar-refractivity contribution in [2.75, 3.05) is 41.0 Å². The molecule has 0 saturated heterocycles. The number of allylic oxidation sites excluding steroid dienone is 8. The van der Waals surface area contributed by atoms with Crippen molar-refractivity contribution in [2.45, 2.75) is 174 Å². The maximum atomic E-state index is 12.7. The molecule has 0 aromatic rings. The number of nitrogens with zero attached hydrogens (tertiary/aromatic N) is 1. The molecule has 0 radical (unpaired) electrons. The van der Waals surface area contributed by atoms with Gasteiger partial charge in [0.05, 0.1) is 34.4 Å². The first-order chi connectivity index (χ1) is 25.1. The van der Waals surface area contributed by atoms with E-state index < -0.39 is 18.1 Å². The third kappa shape index (κ3) is 33.1. The number of quaternary nitrogens is 1. The van der Waals surface area contributed by atoms with Crippen LogP contribution in [0, 0.1) is 0 Å². The van der Waals surface area contributed by atoms with Gasteiger partial charge < -0.3 is 23.8 Å². The molecule has 0 bridgehead atoms. The Morgan fingerprint density at radius 1 is 0.596 bits per heavy atom. The maximum Gasteiger partial charge on any atom is 0.362 e. The van der Waals surface area contributed by atoms with Crippen LogP contribution in [0.25, 0.3) is 0 Å². The van der Waals surface area contributed by atoms with Crippen molar-refractivity contribution in [3.8, 4) is 0 Å². The van der Waals surface area contributed by atoms with Gasteiger partial charge in [-0.05, 0) is 32.1 Å². The Morgan fingerprint density at radius 2 is 1.08 bits per heavy atom. The van der Waals surface area contributed by atoms with Crippen molar-refractivity contribution in [2.24, 2.45) is 0 Å². The number of hydrogen-bond donors (Lipinski definition) is 1. The van der Waals surface area contributed by atoms with Gasteiger partial charge in [0.1, 0.15) is 6.61 Å². The standard InChI is InChI=1S/C44H77NO7/c1-6-8-10-12-14-16-18-20-21-23-24-26-28-30-32-34-42(46)51-39-40(38-50-37-36-41(44(48)49)45(3,4)5)52-43(47)35-33-31-29-27-25-22-19-17-15-13-11-9-7-2/h8,10,12,14,16,18,20-21,40-41H,6-7,9,11,13,15,17,19,22-39H2,1-5H3/p+1/b10-8+,14-12+,18-16+,21-20+. The number of hydrogen-bond acceptors (Lipinski definition) is 6. The molecular formula is C44H78NO7+. The third-order valence-corrected chi connectivity index (χ3v) is 9.09. The number of carbonyl (C=O) groups is 3. The average molecular weight is 733 g/mol. The van der Waals surface area contributed by atoms with E-state index in [2.05, 4.69) is 38.2 Å². The van der Waals surface area contributed by atoms with Crippen LogP contribution in [0.15, 0.2) is 48.6 Å². The van der Waals surface area contributed by atoms with Gasteiger partial charge in [-0.25, -0.2) is 4.79 Å². The highest BCUT2D eigenvalue weighted by Gasteiger charge is 2.31. The second kappa shape index (κ2) is 35.3. The fraction of sp³-hybridized carbons (Fsp3) is 0.750. The highest BCUT2D eigenvalue weighted by atomic mass is 16.6. The van der Waals surface area contributed by atoms with Crippen LogP contribution in [-0.4, -0.2) is 80.6 Å². The number of rotatable bonds is 36. The largest absolute Gasteiger partial charge is 0.477 e. The predicted molar refractivity (Wildman–Crippen MR) is 215 cm³/mol. The highest BCUT2D eigenvalue weighted by molar-refractivity contribution is 5.72. The fourth-order valence-electron chi connectivity index (χ4n) is 5.87. The quantitative estimate of drug-likeness (QED) is 0.0296. The predicted octanol–water partition coefficient (Wildman–Crippen LogP) is 10.9. The van der Waals surface area contributed by atoms with E-state index in [1.807, 2.05) is 45.4 Å². The van der Waals surface area contributed by atoms with Crippen LogP contribution in [0.2, 0.25) is 0 Å². The Hall–Kier alpha value is -2.71. The zero-order valence-electron chi connectivity index (χ0n) is 34.0. The molecular weight excluding hydrogens is 654 g/mol. The monoisotopic (exact) mass is 733 g/mol. The van der Waals surface area contributed by atoms with E-state index in [1.165, 1.54) is 64.2 Å². The van der Waals surface area contributed by atoms with E-state index in [4.69, 9.17) is 14.2 Å². The van der Waals surface area contributed by atoms with Gasteiger partial charge in [0, 0.05) is 19.3 Å². The fourth-order valence-corrected chi connectivity index (χ4v) is 5.87. The molecule has 0 fully saturated rings. The van der Waals surface area contributed by atoms with Crippen molar-refractivity contribution in [1.29, 1.82) is 0 Å². The Morgan fingerprint density at radius 3 is 1.60 bits per heavy atom. The third-order valence-electron chi connectivity index (χ3n) is 9.09. The minimum Gasteiger partial charge on any atom is -0.477 e. The lowest BCUT2D eigenvalue weighted by Crippen LogP contribution is -2.50. The van der Waals surface area contributed by atoms with Crippen molar-refractivity contribution < 1.29 is 38.2 Å². The summed E-state index contributed by atoms with van der Waals surface area (Å²) < 4.78 is 17.2.